The van der Waals surface area contributed by atoms with E-state index in [9.17, 15) is 0 Å². The number of nitrogens with zero attached hydrogens (tertiary/aromatic N) is 4. The number of anilines is 1. The highest BCUT2D eigenvalue weighted by molar-refractivity contribution is 6.32. The third kappa shape index (κ3) is 2.53. The molecular weight excluding hydrogens is 290 g/mol. The van der Waals surface area contributed by atoms with E-state index in [1.54, 1.807) is 42.1 Å². The normalized spacial score (nSPS) is 10.6. The predicted molar refractivity (Wildman–Crippen MR) is 80.6 cm³/mol. The van der Waals surface area contributed by atoms with Crippen molar-refractivity contribution in [2.75, 3.05) is 12.8 Å². The number of tetrazole rings is 1. The predicted octanol–water partition coefficient (Wildman–Crippen LogP) is 2.57. The molecule has 0 radical (unpaired) electrons. The van der Waals surface area contributed by atoms with Gasteiger partial charge >= 0.3 is 0 Å². The van der Waals surface area contributed by atoms with Crippen molar-refractivity contribution in [2.24, 2.45) is 0 Å². The first-order valence-corrected chi connectivity index (χ1v) is 6.55. The molecule has 1 heterocycles. The molecule has 1 aromatic heterocycles. The first-order chi connectivity index (χ1) is 10.2. The number of aromatic nitrogens is 4. The van der Waals surface area contributed by atoms with Gasteiger partial charge in [-0.05, 0) is 46.8 Å². The van der Waals surface area contributed by atoms with Crippen molar-refractivity contribution < 1.29 is 4.74 Å². The molecule has 3 rings (SSSR count). The van der Waals surface area contributed by atoms with Crippen LogP contribution in [0.1, 0.15) is 0 Å². The molecule has 6 nitrogen and oxygen atoms in total. The third-order valence-corrected chi connectivity index (χ3v) is 3.34. The zero-order chi connectivity index (χ0) is 14.8. The highest BCUT2D eigenvalue weighted by Gasteiger charge is 2.14. The Morgan fingerprint density at radius 3 is 2.62 bits per heavy atom. The van der Waals surface area contributed by atoms with Crippen molar-refractivity contribution in [1.29, 1.82) is 0 Å². The molecule has 0 unspecified atom stereocenters. The molecule has 0 fully saturated rings. The average molecular weight is 302 g/mol. The van der Waals surface area contributed by atoms with E-state index < -0.39 is 0 Å². The van der Waals surface area contributed by atoms with E-state index in [-0.39, 0.29) is 0 Å². The molecule has 0 saturated carbocycles. The second-order valence-electron chi connectivity index (χ2n) is 4.35. The Kier molecular flexibility index (Phi) is 3.45. The highest BCUT2D eigenvalue weighted by atomic mass is 35.5. The standard InChI is InChI=1S/C14H12ClN5O/c1-21-11-6-7-12(15)13(8-11)20-14(17-18-19-20)9-2-4-10(16)5-3-9/h2-8H,16H2,1H3. The van der Waals surface area contributed by atoms with E-state index in [4.69, 9.17) is 22.1 Å². The summed E-state index contributed by atoms with van der Waals surface area (Å²) in [6.07, 6.45) is 0. The van der Waals surface area contributed by atoms with Gasteiger partial charge in [0.05, 0.1) is 17.8 Å². The van der Waals surface area contributed by atoms with Gasteiger partial charge in [-0.2, -0.15) is 4.68 Å². The summed E-state index contributed by atoms with van der Waals surface area (Å²) in [4.78, 5) is 0. The number of hydrogen-bond donors (Lipinski definition) is 1. The average Bonchev–Trinajstić information content (AvgIpc) is 2.98. The molecule has 0 aliphatic rings. The highest BCUT2D eigenvalue weighted by Crippen LogP contribution is 2.28. The molecule has 3 aromatic rings. The van der Waals surface area contributed by atoms with E-state index in [1.807, 2.05) is 12.1 Å². The minimum Gasteiger partial charge on any atom is -0.497 e. The lowest BCUT2D eigenvalue weighted by molar-refractivity contribution is 0.414. The van der Waals surface area contributed by atoms with Crippen LogP contribution in [0.3, 0.4) is 0 Å². The van der Waals surface area contributed by atoms with Gasteiger partial charge in [0.15, 0.2) is 5.82 Å². The number of benzene rings is 2. The van der Waals surface area contributed by atoms with Gasteiger partial charge in [0.25, 0.3) is 0 Å². The molecule has 0 amide bonds. The van der Waals surface area contributed by atoms with Gasteiger partial charge in [-0.3, -0.25) is 0 Å². The number of methoxy groups -OCH3 is 1. The van der Waals surface area contributed by atoms with Crippen LogP contribution in [0.2, 0.25) is 5.02 Å². The lowest BCUT2D eigenvalue weighted by Crippen LogP contribution is -2.01. The smallest absolute Gasteiger partial charge is 0.187 e. The van der Waals surface area contributed by atoms with Gasteiger partial charge in [-0.25, -0.2) is 0 Å². The quantitative estimate of drug-likeness (QED) is 0.752. The first-order valence-electron chi connectivity index (χ1n) is 6.17. The van der Waals surface area contributed by atoms with Crippen LogP contribution in [0.4, 0.5) is 5.69 Å². The molecule has 0 atom stereocenters. The molecule has 0 saturated heterocycles. The Hall–Kier alpha value is -2.60. The maximum Gasteiger partial charge on any atom is 0.187 e. The second-order valence-corrected chi connectivity index (χ2v) is 4.76. The van der Waals surface area contributed by atoms with Crippen LogP contribution in [0.25, 0.3) is 17.1 Å². The van der Waals surface area contributed by atoms with Crippen molar-refractivity contribution in [2.45, 2.75) is 0 Å². The molecule has 21 heavy (non-hydrogen) atoms. The van der Waals surface area contributed by atoms with Crippen LogP contribution in [-0.4, -0.2) is 27.3 Å². The Labute approximate surface area is 126 Å². The Bertz CT molecular complexity index is 769. The summed E-state index contributed by atoms with van der Waals surface area (Å²) in [7, 11) is 1.59. The van der Waals surface area contributed by atoms with Gasteiger partial charge in [0, 0.05) is 17.3 Å². The van der Waals surface area contributed by atoms with Crippen LogP contribution in [0.15, 0.2) is 42.5 Å². The Morgan fingerprint density at radius 2 is 1.90 bits per heavy atom. The fourth-order valence-corrected chi connectivity index (χ4v) is 2.14. The van der Waals surface area contributed by atoms with Crippen LogP contribution in [0, 0.1) is 0 Å². The summed E-state index contributed by atoms with van der Waals surface area (Å²) < 4.78 is 6.78. The SMILES string of the molecule is COc1ccc(Cl)c(-n2nnnc2-c2ccc(N)cc2)c1. The zero-order valence-corrected chi connectivity index (χ0v) is 11.9. The van der Waals surface area contributed by atoms with Gasteiger partial charge < -0.3 is 10.5 Å². The van der Waals surface area contributed by atoms with E-state index in [0.29, 0.717) is 28.0 Å². The molecule has 0 spiro atoms. The number of halogens is 1. The van der Waals surface area contributed by atoms with Gasteiger partial charge in [-0.15, -0.1) is 5.10 Å². The largest absolute Gasteiger partial charge is 0.497 e. The fourth-order valence-electron chi connectivity index (χ4n) is 1.94. The number of hydrogen-bond acceptors (Lipinski definition) is 5. The maximum atomic E-state index is 6.24. The zero-order valence-electron chi connectivity index (χ0n) is 11.2. The summed E-state index contributed by atoms with van der Waals surface area (Å²) in [5.41, 5.74) is 7.86. The van der Waals surface area contributed by atoms with E-state index in [2.05, 4.69) is 15.5 Å². The van der Waals surface area contributed by atoms with Gasteiger partial charge in [-0.1, -0.05) is 11.6 Å². The third-order valence-electron chi connectivity index (χ3n) is 3.02. The van der Waals surface area contributed by atoms with Crippen LogP contribution >= 0.6 is 11.6 Å². The minimum atomic E-state index is 0.528. The molecule has 7 heteroatoms. The van der Waals surface area contributed by atoms with Gasteiger partial charge in [0.1, 0.15) is 5.75 Å². The number of nitrogen functional groups attached to an aromatic ring is 1. The fraction of sp³-hybridized carbons (Fsp3) is 0.0714. The molecular formula is C14H12ClN5O. The summed E-state index contributed by atoms with van der Waals surface area (Å²) in [6, 6.07) is 12.6. The number of ether oxygens (including phenoxy) is 1. The topological polar surface area (TPSA) is 78.8 Å². The van der Waals surface area contributed by atoms with Crippen molar-refractivity contribution in [3.63, 3.8) is 0 Å². The monoisotopic (exact) mass is 301 g/mol. The number of nitrogens with two attached hydrogens (primary N) is 1. The van der Waals surface area contributed by atoms with Crippen LogP contribution in [0.5, 0.6) is 5.75 Å². The minimum absolute atomic E-state index is 0.528. The molecule has 0 aliphatic heterocycles. The lowest BCUT2D eigenvalue weighted by atomic mass is 10.2. The summed E-state index contributed by atoms with van der Waals surface area (Å²) >= 11 is 6.24. The van der Waals surface area contributed by atoms with Crippen LogP contribution in [-0.2, 0) is 0 Å². The van der Waals surface area contributed by atoms with E-state index in [1.165, 1.54) is 0 Å². The molecule has 106 valence electrons. The summed E-state index contributed by atoms with van der Waals surface area (Å²) in [5.74, 6) is 1.25. The van der Waals surface area contributed by atoms with E-state index in [0.717, 1.165) is 5.56 Å². The molecule has 2 aromatic carbocycles. The molecule has 0 aliphatic carbocycles. The molecule has 2 N–H and O–H groups in total. The second kappa shape index (κ2) is 5.41. The van der Waals surface area contributed by atoms with Crippen molar-refractivity contribution in [3.8, 4) is 22.8 Å². The number of rotatable bonds is 3. The van der Waals surface area contributed by atoms with Gasteiger partial charge in [0.2, 0.25) is 0 Å². The van der Waals surface area contributed by atoms with Crippen LogP contribution < -0.4 is 10.5 Å². The Morgan fingerprint density at radius 1 is 1.14 bits per heavy atom. The summed E-state index contributed by atoms with van der Waals surface area (Å²) in [5, 5.41) is 12.3. The van der Waals surface area contributed by atoms with Crippen molar-refractivity contribution in [3.05, 3.63) is 47.5 Å². The summed E-state index contributed by atoms with van der Waals surface area (Å²) in [6.45, 7) is 0. The van der Waals surface area contributed by atoms with E-state index >= 15 is 0 Å². The lowest BCUT2D eigenvalue weighted by Gasteiger charge is -2.08. The molecule has 0 bridgehead atoms. The first kappa shape index (κ1) is 13.4. The Balaban J connectivity index is 2.13. The maximum absolute atomic E-state index is 6.24. The van der Waals surface area contributed by atoms with Crippen molar-refractivity contribution in [1.82, 2.24) is 20.2 Å². The van der Waals surface area contributed by atoms with Crippen molar-refractivity contribution >= 4 is 17.3 Å².